The number of urea groups is 1. The molecule has 0 unspecified atom stereocenters. The molecule has 1 fully saturated rings. The van der Waals surface area contributed by atoms with Crippen LogP contribution in [0.3, 0.4) is 0 Å². The largest absolute Gasteiger partial charge is 0.464 e. The average Bonchev–Trinajstić information content (AvgIpc) is 2.82. The Labute approximate surface area is 138 Å². The van der Waals surface area contributed by atoms with E-state index in [1.165, 1.54) is 0 Å². The first-order chi connectivity index (χ1) is 11.0. The molecule has 2 rings (SSSR count). The van der Waals surface area contributed by atoms with Crippen LogP contribution >= 0.6 is 0 Å². The number of carbonyl (C=O) groups is 2. The van der Waals surface area contributed by atoms with Crippen molar-refractivity contribution in [2.75, 3.05) is 13.2 Å². The zero-order valence-corrected chi connectivity index (χ0v) is 14.4. The quantitative estimate of drug-likeness (QED) is 0.757. The van der Waals surface area contributed by atoms with Crippen LogP contribution in [-0.2, 0) is 9.53 Å². The van der Waals surface area contributed by atoms with Gasteiger partial charge in [0.25, 0.3) is 0 Å². The van der Waals surface area contributed by atoms with Crippen molar-refractivity contribution in [3.63, 3.8) is 0 Å². The number of amides is 2. The predicted octanol–water partition coefficient (Wildman–Crippen LogP) is 3.22. The molecule has 2 atom stereocenters. The smallest absolute Gasteiger partial charge is 0.331 e. The lowest BCUT2D eigenvalue weighted by molar-refractivity contribution is -0.149. The molecule has 1 aromatic carbocycles. The summed E-state index contributed by atoms with van der Waals surface area (Å²) in [6, 6.07) is 8.69. The molecule has 0 aromatic heterocycles. The van der Waals surface area contributed by atoms with Crippen LogP contribution in [0.1, 0.15) is 45.7 Å². The lowest BCUT2D eigenvalue weighted by atomic mass is 9.98. The Morgan fingerprint density at radius 2 is 1.87 bits per heavy atom. The van der Waals surface area contributed by atoms with Gasteiger partial charge in [0.1, 0.15) is 0 Å². The molecule has 0 spiro atoms. The number of rotatable bonds is 6. The minimum Gasteiger partial charge on any atom is -0.464 e. The standard InChI is InChI=1S/C18H26N2O3/c1-5-12-19-15(14-10-8-7-9-11-14)16(17(21)23-6-2)20(13(3)4)18(19)22/h7-11,13,15-16H,5-6,12H2,1-4H3/t15-,16+/m0/s1. The van der Waals surface area contributed by atoms with Crippen LogP contribution in [0.4, 0.5) is 4.79 Å². The summed E-state index contributed by atoms with van der Waals surface area (Å²) in [6.07, 6.45) is 0.844. The van der Waals surface area contributed by atoms with E-state index in [1.54, 1.807) is 16.7 Å². The second kappa shape index (κ2) is 7.49. The second-order valence-corrected chi connectivity index (χ2v) is 6.03. The highest BCUT2D eigenvalue weighted by atomic mass is 16.5. The van der Waals surface area contributed by atoms with Crippen molar-refractivity contribution in [2.24, 2.45) is 0 Å². The van der Waals surface area contributed by atoms with E-state index in [-0.39, 0.29) is 24.1 Å². The van der Waals surface area contributed by atoms with Gasteiger partial charge in [0.05, 0.1) is 12.6 Å². The summed E-state index contributed by atoms with van der Waals surface area (Å²) in [4.78, 5) is 28.9. The molecule has 5 heteroatoms. The summed E-state index contributed by atoms with van der Waals surface area (Å²) in [6.45, 7) is 8.62. The van der Waals surface area contributed by atoms with Crippen molar-refractivity contribution < 1.29 is 14.3 Å². The molecule has 0 aliphatic carbocycles. The van der Waals surface area contributed by atoms with Gasteiger partial charge in [-0.05, 0) is 32.8 Å². The maximum atomic E-state index is 12.9. The van der Waals surface area contributed by atoms with Crippen molar-refractivity contribution in [1.29, 1.82) is 0 Å². The van der Waals surface area contributed by atoms with E-state index in [2.05, 4.69) is 0 Å². The van der Waals surface area contributed by atoms with Gasteiger partial charge < -0.3 is 14.5 Å². The number of nitrogens with zero attached hydrogens (tertiary/aromatic N) is 2. The number of ether oxygens (including phenoxy) is 1. The lowest BCUT2D eigenvalue weighted by Gasteiger charge is -2.28. The highest BCUT2D eigenvalue weighted by Crippen LogP contribution is 2.37. The van der Waals surface area contributed by atoms with Crippen molar-refractivity contribution in [3.05, 3.63) is 35.9 Å². The third kappa shape index (κ3) is 3.33. The van der Waals surface area contributed by atoms with Crippen LogP contribution < -0.4 is 0 Å². The number of benzene rings is 1. The number of hydrogen-bond donors (Lipinski definition) is 0. The fraction of sp³-hybridized carbons (Fsp3) is 0.556. The third-order valence-corrected chi connectivity index (χ3v) is 4.09. The lowest BCUT2D eigenvalue weighted by Crippen LogP contribution is -2.45. The zero-order chi connectivity index (χ0) is 17.0. The molecule has 1 saturated heterocycles. The Kier molecular flexibility index (Phi) is 5.64. The van der Waals surface area contributed by atoms with Crippen LogP contribution in [0.25, 0.3) is 0 Å². The van der Waals surface area contributed by atoms with Crippen molar-refractivity contribution in [1.82, 2.24) is 9.80 Å². The van der Waals surface area contributed by atoms with Gasteiger partial charge in [-0.1, -0.05) is 37.3 Å². The maximum absolute atomic E-state index is 12.9. The first kappa shape index (κ1) is 17.3. The number of hydrogen-bond acceptors (Lipinski definition) is 3. The fourth-order valence-corrected chi connectivity index (χ4v) is 3.21. The molecular weight excluding hydrogens is 292 g/mol. The Morgan fingerprint density at radius 1 is 1.22 bits per heavy atom. The normalized spacial score (nSPS) is 21.2. The predicted molar refractivity (Wildman–Crippen MR) is 89.0 cm³/mol. The van der Waals surface area contributed by atoms with Gasteiger partial charge in [0, 0.05) is 12.6 Å². The van der Waals surface area contributed by atoms with E-state index >= 15 is 0 Å². The maximum Gasteiger partial charge on any atom is 0.331 e. The van der Waals surface area contributed by atoms with Gasteiger partial charge in [-0.3, -0.25) is 0 Å². The summed E-state index contributed by atoms with van der Waals surface area (Å²) in [5.41, 5.74) is 0.968. The second-order valence-electron chi connectivity index (χ2n) is 6.03. The van der Waals surface area contributed by atoms with Gasteiger partial charge in [0.15, 0.2) is 6.04 Å². The van der Waals surface area contributed by atoms with Crippen LogP contribution in [0.15, 0.2) is 30.3 Å². The molecule has 1 aliphatic rings. The molecular formula is C18H26N2O3. The fourth-order valence-electron chi connectivity index (χ4n) is 3.21. The van der Waals surface area contributed by atoms with Crippen LogP contribution in [0.2, 0.25) is 0 Å². The molecule has 1 aromatic rings. The first-order valence-corrected chi connectivity index (χ1v) is 8.33. The molecule has 0 bridgehead atoms. The summed E-state index contributed by atoms with van der Waals surface area (Å²) < 4.78 is 5.27. The van der Waals surface area contributed by atoms with E-state index in [1.807, 2.05) is 51.1 Å². The zero-order valence-electron chi connectivity index (χ0n) is 14.4. The van der Waals surface area contributed by atoms with Crippen LogP contribution in [0, 0.1) is 0 Å². The van der Waals surface area contributed by atoms with Gasteiger partial charge in [-0.15, -0.1) is 0 Å². The Morgan fingerprint density at radius 3 is 2.39 bits per heavy atom. The Balaban J connectivity index is 2.49. The summed E-state index contributed by atoms with van der Waals surface area (Å²) >= 11 is 0. The van der Waals surface area contributed by atoms with Crippen molar-refractivity contribution in [2.45, 2.75) is 52.2 Å². The molecule has 126 valence electrons. The van der Waals surface area contributed by atoms with Crippen molar-refractivity contribution in [3.8, 4) is 0 Å². The van der Waals surface area contributed by atoms with Gasteiger partial charge in [0.2, 0.25) is 0 Å². The SMILES string of the molecule is CCCN1C(=O)N(C(C)C)[C@@H](C(=O)OCC)[C@@H]1c1ccccc1. The highest BCUT2D eigenvalue weighted by Gasteiger charge is 2.51. The molecule has 2 amide bonds. The van der Waals surface area contributed by atoms with Crippen LogP contribution in [0.5, 0.6) is 0 Å². The van der Waals surface area contributed by atoms with E-state index < -0.39 is 6.04 Å². The van der Waals surface area contributed by atoms with Gasteiger partial charge in [-0.2, -0.15) is 0 Å². The summed E-state index contributed by atoms with van der Waals surface area (Å²) in [7, 11) is 0. The monoisotopic (exact) mass is 318 g/mol. The average molecular weight is 318 g/mol. The highest BCUT2D eigenvalue weighted by molar-refractivity contribution is 5.89. The van der Waals surface area contributed by atoms with Gasteiger partial charge >= 0.3 is 12.0 Å². The van der Waals surface area contributed by atoms with E-state index in [0.29, 0.717) is 13.2 Å². The molecule has 1 heterocycles. The molecule has 23 heavy (non-hydrogen) atoms. The number of esters is 1. The van der Waals surface area contributed by atoms with E-state index in [9.17, 15) is 9.59 Å². The van der Waals surface area contributed by atoms with E-state index in [4.69, 9.17) is 4.74 Å². The molecule has 5 nitrogen and oxygen atoms in total. The molecule has 0 N–H and O–H groups in total. The Hall–Kier alpha value is -2.04. The minimum absolute atomic E-state index is 0.0648. The Bertz CT molecular complexity index is 544. The topological polar surface area (TPSA) is 49.9 Å². The summed E-state index contributed by atoms with van der Waals surface area (Å²) in [5.74, 6) is -0.331. The molecule has 0 radical (unpaired) electrons. The van der Waals surface area contributed by atoms with E-state index in [0.717, 1.165) is 12.0 Å². The van der Waals surface area contributed by atoms with Crippen molar-refractivity contribution >= 4 is 12.0 Å². The minimum atomic E-state index is -0.601. The number of carbonyl (C=O) groups excluding carboxylic acids is 2. The summed E-state index contributed by atoms with van der Waals surface area (Å²) in [5, 5.41) is 0. The van der Waals surface area contributed by atoms with Gasteiger partial charge in [-0.25, -0.2) is 9.59 Å². The molecule has 0 saturated carbocycles. The molecule has 1 aliphatic heterocycles. The van der Waals surface area contributed by atoms with Crippen LogP contribution in [-0.4, -0.2) is 47.0 Å². The third-order valence-electron chi connectivity index (χ3n) is 4.09. The first-order valence-electron chi connectivity index (χ1n) is 8.33.